The number of fused-ring (bicyclic) bond motifs is 5. The third-order valence-electron chi connectivity index (χ3n) is 6.08. The van der Waals surface area contributed by atoms with Gasteiger partial charge in [0, 0.05) is 20.3 Å². The lowest BCUT2D eigenvalue weighted by molar-refractivity contribution is 0.596. The minimum atomic E-state index is 0.0454. The molecule has 0 unspecified atom stereocenters. The van der Waals surface area contributed by atoms with E-state index in [0.717, 1.165) is 11.2 Å². The zero-order chi connectivity index (χ0) is 21.3. The van der Waals surface area contributed by atoms with Gasteiger partial charge in [0.25, 0.3) is 0 Å². The van der Waals surface area contributed by atoms with Crippen LogP contribution in [0.5, 0.6) is 0 Å². The Labute approximate surface area is 189 Å². The summed E-state index contributed by atoms with van der Waals surface area (Å²) < 4.78 is 3.79. The van der Waals surface area contributed by atoms with Crippen molar-refractivity contribution in [3.63, 3.8) is 0 Å². The zero-order valence-corrected chi connectivity index (χ0v) is 19.6. The lowest BCUT2D eigenvalue weighted by Crippen LogP contribution is -2.12. The molecule has 0 amide bonds. The second-order valence-corrected chi connectivity index (χ2v) is 11.2. The molecule has 0 aliphatic carbocycles. The fourth-order valence-electron chi connectivity index (χ4n) is 4.50. The van der Waals surface area contributed by atoms with Crippen molar-refractivity contribution in [2.45, 2.75) is 33.1 Å². The van der Waals surface area contributed by atoms with Gasteiger partial charge in [0.05, 0.1) is 15.9 Å². The Balaban J connectivity index is 1.68. The van der Waals surface area contributed by atoms with E-state index in [1.807, 2.05) is 22.7 Å². The fourth-order valence-corrected chi connectivity index (χ4v) is 6.72. The van der Waals surface area contributed by atoms with Crippen LogP contribution in [0, 0.1) is 6.92 Å². The van der Waals surface area contributed by atoms with Gasteiger partial charge in [-0.3, -0.25) is 0 Å². The van der Waals surface area contributed by atoms with Crippen molar-refractivity contribution >= 4 is 63.8 Å². The van der Waals surface area contributed by atoms with Crippen molar-refractivity contribution in [1.29, 1.82) is 0 Å². The van der Waals surface area contributed by atoms with E-state index in [0.29, 0.717) is 0 Å². The molecule has 6 aromatic rings. The van der Waals surface area contributed by atoms with Gasteiger partial charge in [-0.1, -0.05) is 45.0 Å². The van der Waals surface area contributed by atoms with E-state index in [2.05, 4.69) is 81.6 Å². The molecule has 0 radical (unpaired) electrons. The summed E-state index contributed by atoms with van der Waals surface area (Å²) in [6.07, 6.45) is 1.72. The van der Waals surface area contributed by atoms with Crippen LogP contribution in [0.3, 0.4) is 0 Å². The van der Waals surface area contributed by atoms with Crippen LogP contribution >= 0.6 is 22.7 Å². The Morgan fingerprint density at radius 2 is 1.68 bits per heavy atom. The SMILES string of the molecule is Cc1csc2cc3sc4c(-c5cc(C(C)(C)C)c6ccccc6c5)ncnc4c3cc12. The Morgan fingerprint density at radius 3 is 2.52 bits per heavy atom. The Hall–Kier alpha value is -2.82. The maximum Gasteiger partial charge on any atom is 0.116 e. The third kappa shape index (κ3) is 2.89. The number of hydrogen-bond donors (Lipinski definition) is 0. The predicted octanol–water partition coefficient (Wildman–Crippen LogP) is 8.49. The summed E-state index contributed by atoms with van der Waals surface area (Å²) in [4.78, 5) is 9.49. The quantitative estimate of drug-likeness (QED) is 0.257. The lowest BCUT2D eigenvalue weighted by atomic mass is 9.82. The highest BCUT2D eigenvalue weighted by atomic mass is 32.1. The maximum absolute atomic E-state index is 4.78. The molecule has 2 nitrogen and oxygen atoms in total. The molecule has 31 heavy (non-hydrogen) atoms. The van der Waals surface area contributed by atoms with Gasteiger partial charge in [0.15, 0.2) is 0 Å². The van der Waals surface area contributed by atoms with Crippen molar-refractivity contribution in [2.24, 2.45) is 0 Å². The van der Waals surface area contributed by atoms with Gasteiger partial charge in [0.2, 0.25) is 0 Å². The van der Waals surface area contributed by atoms with Crippen molar-refractivity contribution in [3.8, 4) is 11.3 Å². The molecular weight excluding hydrogens is 416 g/mol. The average molecular weight is 439 g/mol. The molecule has 0 aliphatic rings. The van der Waals surface area contributed by atoms with Crippen LogP contribution in [0.15, 0.2) is 60.2 Å². The molecule has 0 fully saturated rings. The number of aromatic nitrogens is 2. The number of benzene rings is 3. The molecule has 3 aromatic heterocycles. The van der Waals surface area contributed by atoms with E-state index in [4.69, 9.17) is 9.97 Å². The first kappa shape index (κ1) is 18.9. The van der Waals surface area contributed by atoms with Crippen LogP contribution in [0.4, 0.5) is 0 Å². The molecule has 0 bridgehead atoms. The summed E-state index contributed by atoms with van der Waals surface area (Å²) in [7, 11) is 0. The maximum atomic E-state index is 4.78. The van der Waals surface area contributed by atoms with Crippen molar-refractivity contribution in [1.82, 2.24) is 9.97 Å². The first-order valence-corrected chi connectivity index (χ1v) is 12.2. The van der Waals surface area contributed by atoms with Gasteiger partial charge in [-0.15, -0.1) is 22.7 Å². The van der Waals surface area contributed by atoms with Gasteiger partial charge in [-0.25, -0.2) is 9.97 Å². The molecule has 3 aromatic carbocycles. The van der Waals surface area contributed by atoms with Crippen LogP contribution < -0.4 is 0 Å². The van der Waals surface area contributed by atoms with Gasteiger partial charge in [0.1, 0.15) is 6.33 Å². The molecule has 3 heterocycles. The molecular formula is C27H22N2S2. The van der Waals surface area contributed by atoms with E-state index in [1.54, 1.807) is 6.33 Å². The molecule has 0 spiro atoms. The zero-order valence-electron chi connectivity index (χ0n) is 18.0. The average Bonchev–Trinajstić information content (AvgIpc) is 3.30. The summed E-state index contributed by atoms with van der Waals surface area (Å²) in [5, 5.41) is 7.37. The van der Waals surface area contributed by atoms with Crippen LogP contribution in [0.2, 0.25) is 0 Å². The molecule has 152 valence electrons. The van der Waals surface area contributed by atoms with Crippen LogP contribution in [0.25, 0.3) is 52.4 Å². The van der Waals surface area contributed by atoms with Gasteiger partial charge < -0.3 is 0 Å². The van der Waals surface area contributed by atoms with Crippen molar-refractivity contribution < 1.29 is 0 Å². The highest BCUT2D eigenvalue weighted by Gasteiger charge is 2.20. The van der Waals surface area contributed by atoms with E-state index in [-0.39, 0.29) is 5.41 Å². The fraction of sp³-hybridized carbons (Fsp3) is 0.185. The smallest absolute Gasteiger partial charge is 0.116 e. The van der Waals surface area contributed by atoms with Crippen molar-refractivity contribution in [3.05, 3.63) is 71.4 Å². The Morgan fingerprint density at radius 1 is 0.839 bits per heavy atom. The van der Waals surface area contributed by atoms with Crippen LogP contribution in [-0.2, 0) is 5.41 Å². The molecule has 0 N–H and O–H groups in total. The molecule has 6 rings (SSSR count). The second kappa shape index (κ2) is 6.59. The monoisotopic (exact) mass is 438 g/mol. The highest BCUT2D eigenvalue weighted by Crippen LogP contribution is 2.42. The van der Waals surface area contributed by atoms with E-state index in [1.165, 1.54) is 52.3 Å². The molecule has 0 saturated heterocycles. The summed E-state index contributed by atoms with van der Waals surface area (Å²) >= 11 is 3.62. The largest absolute Gasteiger partial charge is 0.235 e. The van der Waals surface area contributed by atoms with Crippen LogP contribution in [0.1, 0.15) is 31.9 Å². The number of thiophene rings is 2. The minimum absolute atomic E-state index is 0.0454. The molecule has 0 atom stereocenters. The normalized spacial score (nSPS) is 12.5. The second-order valence-electron chi connectivity index (χ2n) is 9.26. The molecule has 0 aliphatic heterocycles. The number of nitrogens with zero attached hydrogens (tertiary/aromatic N) is 2. The topological polar surface area (TPSA) is 25.8 Å². The molecule has 0 saturated carbocycles. The Kier molecular flexibility index (Phi) is 4.02. The number of rotatable bonds is 1. The standard InChI is InChI=1S/C27H22N2S2/c1-15-13-30-22-12-23-20(11-19(15)22)25-26(31-23)24(28-14-29-25)17-9-16-7-5-6-8-18(16)21(10-17)27(2,3)4/h5-14H,1-4H3. The van der Waals surface area contributed by atoms with Gasteiger partial charge in [-0.2, -0.15) is 0 Å². The summed E-state index contributed by atoms with van der Waals surface area (Å²) in [6.45, 7) is 9.02. The van der Waals surface area contributed by atoms with Gasteiger partial charge in [-0.05, 0) is 69.3 Å². The number of aryl methyl sites for hydroxylation is 1. The van der Waals surface area contributed by atoms with Crippen LogP contribution in [-0.4, -0.2) is 9.97 Å². The first-order chi connectivity index (χ1) is 14.9. The third-order valence-corrected chi connectivity index (χ3v) is 8.30. The Bertz CT molecular complexity index is 1630. The highest BCUT2D eigenvalue weighted by molar-refractivity contribution is 7.26. The van der Waals surface area contributed by atoms with E-state index >= 15 is 0 Å². The molecule has 4 heteroatoms. The van der Waals surface area contributed by atoms with Gasteiger partial charge >= 0.3 is 0 Å². The minimum Gasteiger partial charge on any atom is -0.235 e. The van der Waals surface area contributed by atoms with E-state index < -0.39 is 0 Å². The first-order valence-electron chi connectivity index (χ1n) is 10.5. The lowest BCUT2D eigenvalue weighted by Gasteiger charge is -2.22. The van der Waals surface area contributed by atoms with Crippen molar-refractivity contribution in [2.75, 3.05) is 0 Å². The summed E-state index contributed by atoms with van der Waals surface area (Å²) in [5.74, 6) is 0. The predicted molar refractivity (Wildman–Crippen MR) is 137 cm³/mol. The summed E-state index contributed by atoms with van der Waals surface area (Å²) in [6, 6.07) is 17.9. The number of hydrogen-bond acceptors (Lipinski definition) is 4. The summed E-state index contributed by atoms with van der Waals surface area (Å²) in [5.41, 5.74) is 5.99. The van der Waals surface area contributed by atoms with E-state index in [9.17, 15) is 0 Å².